The first-order chi connectivity index (χ1) is 12.4. The van der Waals surface area contributed by atoms with E-state index in [1.165, 1.54) is 17.8 Å². The number of benzene rings is 2. The summed E-state index contributed by atoms with van der Waals surface area (Å²) in [5.41, 5.74) is 1.89. The Labute approximate surface area is 155 Å². The molecule has 0 aliphatic carbocycles. The zero-order chi connectivity index (χ0) is 18.3. The van der Waals surface area contributed by atoms with Crippen LogP contribution >= 0.6 is 23.4 Å². The van der Waals surface area contributed by atoms with Crippen molar-refractivity contribution >= 4 is 34.4 Å². The molecule has 0 unspecified atom stereocenters. The van der Waals surface area contributed by atoms with Gasteiger partial charge in [-0.3, -0.25) is 0 Å². The molecule has 26 heavy (non-hydrogen) atoms. The van der Waals surface area contributed by atoms with E-state index in [4.69, 9.17) is 21.1 Å². The van der Waals surface area contributed by atoms with Crippen LogP contribution in [0.15, 0.2) is 35.5 Å². The summed E-state index contributed by atoms with van der Waals surface area (Å²) in [4.78, 5) is 7.25. The minimum absolute atomic E-state index is 0.178. The number of hydrogen-bond acceptors (Lipinski definition) is 4. The molecular formula is C17H12ClF3N2O2S. The first kappa shape index (κ1) is 17.5. The molecule has 0 bridgehead atoms. The molecule has 1 aliphatic rings. The smallest absolute Gasteiger partial charge is 0.416 e. The third-order valence-corrected chi connectivity index (χ3v) is 5.04. The Bertz CT molecular complexity index is 975. The van der Waals surface area contributed by atoms with E-state index >= 15 is 0 Å². The molecule has 3 aromatic rings. The number of H-pyrrole nitrogens is 1. The summed E-state index contributed by atoms with van der Waals surface area (Å²) in [5, 5.41) is 1.10. The van der Waals surface area contributed by atoms with Crippen molar-refractivity contribution in [2.45, 2.75) is 23.7 Å². The van der Waals surface area contributed by atoms with Gasteiger partial charge in [-0.05, 0) is 30.3 Å². The molecule has 0 spiro atoms. The minimum atomic E-state index is -4.38. The van der Waals surface area contributed by atoms with Crippen molar-refractivity contribution in [3.05, 3.63) is 52.0 Å². The third kappa shape index (κ3) is 3.49. The van der Waals surface area contributed by atoms with Gasteiger partial charge in [0.15, 0.2) is 11.9 Å². The molecule has 4 nitrogen and oxygen atoms in total. The van der Waals surface area contributed by atoms with E-state index in [1.54, 1.807) is 6.07 Å². The van der Waals surface area contributed by atoms with Crippen molar-refractivity contribution in [3.63, 3.8) is 0 Å². The maximum atomic E-state index is 12.8. The van der Waals surface area contributed by atoms with Crippen LogP contribution in [0.3, 0.4) is 0 Å². The van der Waals surface area contributed by atoms with Crippen LogP contribution in [0.1, 0.15) is 16.7 Å². The summed E-state index contributed by atoms with van der Waals surface area (Å²) in [6.45, 7) is 0.607. The molecule has 136 valence electrons. The molecule has 1 aromatic heterocycles. The second-order valence-corrected chi connectivity index (χ2v) is 7.12. The number of alkyl halides is 3. The minimum Gasteiger partial charge on any atom is -0.467 e. The summed E-state index contributed by atoms with van der Waals surface area (Å²) >= 11 is 7.50. The molecule has 0 saturated carbocycles. The van der Waals surface area contributed by atoms with Crippen molar-refractivity contribution in [2.24, 2.45) is 0 Å². The number of thioether (sulfide) groups is 1. The summed E-state index contributed by atoms with van der Waals surface area (Å²) < 4.78 is 49.3. The lowest BCUT2D eigenvalue weighted by molar-refractivity contribution is -0.137. The van der Waals surface area contributed by atoms with Crippen molar-refractivity contribution in [1.82, 2.24) is 9.97 Å². The summed E-state index contributed by atoms with van der Waals surface area (Å²) in [6.07, 6.45) is -4.38. The van der Waals surface area contributed by atoms with E-state index < -0.39 is 11.7 Å². The zero-order valence-electron chi connectivity index (χ0n) is 13.2. The largest absolute Gasteiger partial charge is 0.467 e. The van der Waals surface area contributed by atoms with Crippen molar-refractivity contribution < 1.29 is 22.6 Å². The van der Waals surface area contributed by atoms with Crippen molar-refractivity contribution in [1.29, 1.82) is 0 Å². The molecule has 0 fully saturated rings. The van der Waals surface area contributed by atoms with E-state index in [-0.39, 0.29) is 6.79 Å². The van der Waals surface area contributed by atoms with E-state index in [9.17, 15) is 13.2 Å². The summed E-state index contributed by atoms with van der Waals surface area (Å²) in [5.74, 6) is 1.25. The van der Waals surface area contributed by atoms with Crippen LogP contribution in [-0.4, -0.2) is 16.8 Å². The van der Waals surface area contributed by atoms with Gasteiger partial charge >= 0.3 is 6.18 Å². The van der Waals surface area contributed by atoms with Gasteiger partial charge in [0.1, 0.15) is 5.75 Å². The van der Waals surface area contributed by atoms with Crippen LogP contribution in [0.2, 0.25) is 5.02 Å². The van der Waals surface area contributed by atoms with Crippen molar-refractivity contribution in [3.8, 4) is 5.75 Å². The second kappa shape index (κ2) is 6.68. The van der Waals surface area contributed by atoms with Gasteiger partial charge in [-0.15, -0.1) is 0 Å². The Morgan fingerprint density at radius 1 is 1.23 bits per heavy atom. The highest BCUT2D eigenvalue weighted by Gasteiger charge is 2.30. The maximum Gasteiger partial charge on any atom is 0.416 e. The Morgan fingerprint density at radius 3 is 2.88 bits per heavy atom. The number of imidazole rings is 1. The Hall–Kier alpha value is -1.90. The number of nitrogens with zero attached hydrogens (tertiary/aromatic N) is 1. The Morgan fingerprint density at radius 2 is 2.08 bits per heavy atom. The molecule has 0 saturated heterocycles. The lowest BCUT2D eigenvalue weighted by atomic mass is 10.1. The van der Waals surface area contributed by atoms with Crippen LogP contribution in [0.4, 0.5) is 13.2 Å². The molecule has 0 atom stereocenters. The maximum absolute atomic E-state index is 12.8. The fourth-order valence-corrected chi connectivity index (χ4v) is 3.86. The van der Waals surface area contributed by atoms with Gasteiger partial charge in [-0.1, -0.05) is 23.4 Å². The highest BCUT2D eigenvalue weighted by Crippen LogP contribution is 2.36. The van der Waals surface area contributed by atoms with Crippen LogP contribution in [0.25, 0.3) is 11.0 Å². The fraction of sp³-hybridized carbons (Fsp3) is 0.235. The van der Waals surface area contributed by atoms with Crippen LogP contribution in [0.5, 0.6) is 5.75 Å². The number of ether oxygens (including phenoxy) is 2. The normalized spacial score (nSPS) is 14.3. The highest BCUT2D eigenvalue weighted by molar-refractivity contribution is 7.98. The average molecular weight is 401 g/mol. The molecule has 4 rings (SSSR count). The van der Waals surface area contributed by atoms with Gasteiger partial charge in [0.2, 0.25) is 0 Å². The molecule has 2 heterocycles. The average Bonchev–Trinajstić information content (AvgIpc) is 3.00. The lowest BCUT2D eigenvalue weighted by Crippen LogP contribution is -2.12. The third-order valence-electron chi connectivity index (χ3n) is 3.90. The van der Waals surface area contributed by atoms with E-state index in [0.717, 1.165) is 29.0 Å². The van der Waals surface area contributed by atoms with E-state index in [2.05, 4.69) is 9.97 Å². The van der Waals surface area contributed by atoms with E-state index in [0.29, 0.717) is 33.6 Å². The number of aromatic amines is 1. The zero-order valence-corrected chi connectivity index (χ0v) is 14.8. The lowest BCUT2D eigenvalue weighted by Gasteiger charge is -2.20. The predicted octanol–water partition coefficient (Wildman–Crippen LogP) is 5.39. The second-order valence-electron chi connectivity index (χ2n) is 5.72. The number of aromatic nitrogens is 2. The monoisotopic (exact) mass is 400 g/mol. The number of rotatable bonds is 3. The quantitative estimate of drug-likeness (QED) is 0.598. The SMILES string of the molecule is FC(F)(F)c1ccc2nc(SCc3cc(Cl)cc4c3OCOC4)[nH]c2c1. The van der Waals surface area contributed by atoms with Crippen LogP contribution < -0.4 is 4.74 Å². The van der Waals surface area contributed by atoms with Crippen LogP contribution in [-0.2, 0) is 23.3 Å². The highest BCUT2D eigenvalue weighted by atomic mass is 35.5. The van der Waals surface area contributed by atoms with Crippen LogP contribution in [0, 0.1) is 0 Å². The molecule has 2 aromatic carbocycles. The summed E-state index contributed by atoms with van der Waals surface area (Å²) in [7, 11) is 0. The molecule has 1 aliphatic heterocycles. The standard InChI is InChI=1S/C17H12ClF3N2O2S/c18-12-3-9-6-24-8-25-15(9)10(4-12)7-26-16-22-13-2-1-11(17(19,20)21)5-14(13)23-16/h1-5H,6-8H2,(H,22,23). The number of hydrogen-bond donors (Lipinski definition) is 1. The Kier molecular flexibility index (Phi) is 4.50. The van der Waals surface area contributed by atoms with Gasteiger partial charge < -0.3 is 14.5 Å². The molecule has 1 N–H and O–H groups in total. The van der Waals surface area contributed by atoms with Gasteiger partial charge in [0, 0.05) is 21.9 Å². The van der Waals surface area contributed by atoms with Crippen molar-refractivity contribution in [2.75, 3.05) is 6.79 Å². The van der Waals surface area contributed by atoms with Gasteiger partial charge in [0.25, 0.3) is 0 Å². The molecular weight excluding hydrogens is 389 g/mol. The topological polar surface area (TPSA) is 47.1 Å². The van der Waals surface area contributed by atoms with Gasteiger partial charge in [-0.25, -0.2) is 4.98 Å². The number of fused-ring (bicyclic) bond motifs is 2. The molecule has 0 amide bonds. The molecule has 0 radical (unpaired) electrons. The first-order valence-corrected chi connectivity index (χ1v) is 8.98. The number of halogens is 4. The molecule has 9 heteroatoms. The fourth-order valence-electron chi connectivity index (χ4n) is 2.74. The van der Waals surface area contributed by atoms with Gasteiger partial charge in [0.05, 0.1) is 23.2 Å². The van der Waals surface area contributed by atoms with Gasteiger partial charge in [-0.2, -0.15) is 13.2 Å². The van der Waals surface area contributed by atoms with E-state index in [1.807, 2.05) is 6.07 Å². The Balaban J connectivity index is 1.58. The number of nitrogens with one attached hydrogen (secondary N) is 1. The first-order valence-electron chi connectivity index (χ1n) is 7.62. The predicted molar refractivity (Wildman–Crippen MR) is 92.4 cm³/mol. The summed E-state index contributed by atoms with van der Waals surface area (Å²) in [6, 6.07) is 7.06.